The predicted molar refractivity (Wildman–Crippen MR) is 52.0 cm³/mol. The van der Waals surface area contributed by atoms with E-state index < -0.39 is 10.0 Å². The predicted octanol–water partition coefficient (Wildman–Crippen LogP) is 0.785. The fourth-order valence-corrected chi connectivity index (χ4v) is 3.42. The third-order valence-corrected chi connectivity index (χ3v) is 4.77. The molecule has 2 rings (SSSR count). The van der Waals surface area contributed by atoms with Crippen LogP contribution in [0.3, 0.4) is 0 Å². The van der Waals surface area contributed by atoms with Gasteiger partial charge in [-0.15, -0.1) is 0 Å². The quantitative estimate of drug-likeness (QED) is 0.760. The number of sulfonamides is 1. The first-order valence-electron chi connectivity index (χ1n) is 5.15. The van der Waals surface area contributed by atoms with Gasteiger partial charge in [0.25, 0.3) is 0 Å². The van der Waals surface area contributed by atoms with Crippen molar-refractivity contribution in [3.8, 4) is 0 Å². The first-order chi connectivity index (χ1) is 6.59. The number of amides is 1. The van der Waals surface area contributed by atoms with E-state index in [1.54, 1.807) is 0 Å². The van der Waals surface area contributed by atoms with Crippen molar-refractivity contribution in [2.75, 3.05) is 0 Å². The van der Waals surface area contributed by atoms with Crippen molar-refractivity contribution in [2.45, 2.75) is 43.8 Å². The molecule has 5 heteroatoms. The molecule has 0 aromatic rings. The van der Waals surface area contributed by atoms with E-state index in [2.05, 4.69) is 4.72 Å². The molecule has 0 spiro atoms. The lowest BCUT2D eigenvalue weighted by molar-refractivity contribution is -0.120. The van der Waals surface area contributed by atoms with Gasteiger partial charge in [-0.2, -0.15) is 0 Å². The summed E-state index contributed by atoms with van der Waals surface area (Å²) in [6.45, 7) is 0. The van der Waals surface area contributed by atoms with Gasteiger partial charge in [0, 0.05) is 5.92 Å². The van der Waals surface area contributed by atoms with Crippen LogP contribution in [0.4, 0.5) is 0 Å². The van der Waals surface area contributed by atoms with Gasteiger partial charge in [0.05, 0.1) is 5.25 Å². The van der Waals surface area contributed by atoms with Crippen LogP contribution in [0.25, 0.3) is 0 Å². The van der Waals surface area contributed by atoms with Crippen LogP contribution in [0.15, 0.2) is 0 Å². The molecule has 1 amide bonds. The fraction of sp³-hybridized carbons (Fsp3) is 0.889. The van der Waals surface area contributed by atoms with Gasteiger partial charge in [-0.25, -0.2) is 8.42 Å². The Kier molecular flexibility index (Phi) is 2.51. The van der Waals surface area contributed by atoms with Crippen molar-refractivity contribution < 1.29 is 13.2 Å². The molecule has 0 aliphatic heterocycles. The van der Waals surface area contributed by atoms with Crippen LogP contribution >= 0.6 is 0 Å². The minimum Gasteiger partial charge on any atom is -0.274 e. The molecule has 0 unspecified atom stereocenters. The Bertz CT molecular complexity index is 326. The molecule has 2 saturated carbocycles. The molecule has 2 aliphatic rings. The average molecular weight is 217 g/mol. The molecule has 0 bridgehead atoms. The zero-order valence-electron chi connectivity index (χ0n) is 8.03. The molecule has 2 fully saturated rings. The maximum Gasteiger partial charge on any atom is 0.237 e. The van der Waals surface area contributed by atoms with E-state index in [9.17, 15) is 13.2 Å². The normalized spacial score (nSPS) is 23.7. The van der Waals surface area contributed by atoms with E-state index in [0.29, 0.717) is 12.8 Å². The number of hydrogen-bond donors (Lipinski definition) is 1. The topological polar surface area (TPSA) is 63.2 Å². The summed E-state index contributed by atoms with van der Waals surface area (Å²) < 4.78 is 25.5. The zero-order valence-corrected chi connectivity index (χ0v) is 8.85. The summed E-state index contributed by atoms with van der Waals surface area (Å²) in [7, 11) is -3.36. The lowest BCUT2D eigenvalue weighted by atomic mass is 10.4. The Morgan fingerprint density at radius 2 is 1.64 bits per heavy atom. The van der Waals surface area contributed by atoms with Crippen LogP contribution in [0, 0.1) is 5.92 Å². The van der Waals surface area contributed by atoms with Crippen LogP contribution in [0.1, 0.15) is 38.5 Å². The summed E-state index contributed by atoms with van der Waals surface area (Å²) in [6, 6.07) is 0. The zero-order chi connectivity index (χ0) is 10.2. The highest BCUT2D eigenvalue weighted by Gasteiger charge is 2.35. The van der Waals surface area contributed by atoms with Crippen molar-refractivity contribution in [1.29, 1.82) is 0 Å². The van der Waals surface area contributed by atoms with Gasteiger partial charge >= 0.3 is 0 Å². The first-order valence-corrected chi connectivity index (χ1v) is 6.70. The largest absolute Gasteiger partial charge is 0.274 e. The van der Waals surface area contributed by atoms with Crippen LogP contribution in [-0.2, 0) is 14.8 Å². The van der Waals surface area contributed by atoms with Gasteiger partial charge < -0.3 is 0 Å². The Hall–Kier alpha value is -0.580. The molecular formula is C9H15NO3S. The summed E-state index contributed by atoms with van der Waals surface area (Å²) in [4.78, 5) is 11.3. The van der Waals surface area contributed by atoms with E-state index >= 15 is 0 Å². The number of hydrogen-bond acceptors (Lipinski definition) is 3. The van der Waals surface area contributed by atoms with Crippen molar-refractivity contribution in [3.63, 3.8) is 0 Å². The molecule has 2 aliphatic carbocycles. The van der Waals surface area contributed by atoms with Crippen LogP contribution < -0.4 is 4.72 Å². The van der Waals surface area contributed by atoms with E-state index in [0.717, 1.165) is 25.7 Å². The highest BCUT2D eigenvalue weighted by Crippen LogP contribution is 2.30. The highest BCUT2D eigenvalue weighted by molar-refractivity contribution is 7.90. The van der Waals surface area contributed by atoms with Crippen LogP contribution in [-0.4, -0.2) is 19.6 Å². The second kappa shape index (κ2) is 3.53. The fourth-order valence-electron chi connectivity index (χ4n) is 1.85. The minimum atomic E-state index is -3.36. The monoisotopic (exact) mass is 217 g/mol. The summed E-state index contributed by atoms with van der Waals surface area (Å²) in [5.74, 6) is -0.330. The van der Waals surface area contributed by atoms with Gasteiger partial charge in [-0.3, -0.25) is 9.52 Å². The van der Waals surface area contributed by atoms with Gasteiger partial charge in [0.1, 0.15) is 0 Å². The Balaban J connectivity index is 1.96. The van der Waals surface area contributed by atoms with Gasteiger partial charge in [0.2, 0.25) is 15.9 Å². The molecule has 0 heterocycles. The summed E-state index contributed by atoms with van der Waals surface area (Å²) in [6.07, 6.45) is 5.00. The second-order valence-corrected chi connectivity index (χ2v) is 6.15. The van der Waals surface area contributed by atoms with Crippen molar-refractivity contribution >= 4 is 15.9 Å². The molecule has 0 aromatic carbocycles. The Labute approximate surface area is 84.1 Å². The maximum atomic E-state index is 11.6. The van der Waals surface area contributed by atoms with E-state index in [4.69, 9.17) is 0 Å². The smallest absolute Gasteiger partial charge is 0.237 e. The minimum absolute atomic E-state index is 0.0359. The first kappa shape index (κ1) is 9.96. The molecule has 1 N–H and O–H groups in total. The molecule has 0 radical (unpaired) electrons. The number of rotatable bonds is 3. The molecule has 80 valence electrons. The number of carbonyl (C=O) groups excluding carboxylic acids is 1. The van der Waals surface area contributed by atoms with Gasteiger partial charge in [0.15, 0.2) is 0 Å². The molecule has 4 nitrogen and oxygen atoms in total. The average Bonchev–Trinajstić information content (AvgIpc) is 2.80. The number of nitrogens with one attached hydrogen (secondary N) is 1. The van der Waals surface area contributed by atoms with Crippen molar-refractivity contribution in [2.24, 2.45) is 5.92 Å². The summed E-state index contributed by atoms with van der Waals surface area (Å²) in [5.41, 5.74) is 0. The van der Waals surface area contributed by atoms with Crippen LogP contribution in [0.5, 0.6) is 0 Å². The van der Waals surface area contributed by atoms with E-state index in [-0.39, 0.29) is 17.1 Å². The van der Waals surface area contributed by atoms with Crippen molar-refractivity contribution in [1.82, 2.24) is 4.72 Å². The second-order valence-electron chi connectivity index (χ2n) is 4.19. The lowest BCUT2D eigenvalue weighted by Crippen LogP contribution is -2.37. The van der Waals surface area contributed by atoms with E-state index in [1.165, 1.54) is 0 Å². The molecule has 14 heavy (non-hydrogen) atoms. The molecule has 0 aromatic heterocycles. The number of carbonyl (C=O) groups is 1. The van der Waals surface area contributed by atoms with Crippen LogP contribution in [0.2, 0.25) is 0 Å². The summed E-state index contributed by atoms with van der Waals surface area (Å²) >= 11 is 0. The molecule has 0 saturated heterocycles. The standard InChI is InChI=1S/C9H15NO3S/c11-9(7-5-6-7)10-14(12,13)8-3-1-2-4-8/h7-8H,1-6H2,(H,10,11). The SMILES string of the molecule is O=C(NS(=O)(=O)C1CCCC1)C1CC1. The molecule has 0 atom stereocenters. The summed E-state index contributed by atoms with van der Waals surface area (Å²) in [5, 5.41) is -0.329. The Morgan fingerprint density at radius 3 is 2.14 bits per heavy atom. The maximum absolute atomic E-state index is 11.6. The third kappa shape index (κ3) is 2.08. The van der Waals surface area contributed by atoms with Gasteiger partial charge in [-0.05, 0) is 25.7 Å². The van der Waals surface area contributed by atoms with Crippen molar-refractivity contribution in [3.05, 3.63) is 0 Å². The van der Waals surface area contributed by atoms with E-state index in [1.807, 2.05) is 0 Å². The third-order valence-electron chi connectivity index (χ3n) is 2.93. The van der Waals surface area contributed by atoms with Gasteiger partial charge in [-0.1, -0.05) is 12.8 Å². The Morgan fingerprint density at radius 1 is 1.07 bits per heavy atom. The lowest BCUT2D eigenvalue weighted by Gasteiger charge is -2.11. The molecular weight excluding hydrogens is 202 g/mol. The highest BCUT2D eigenvalue weighted by atomic mass is 32.2.